The van der Waals surface area contributed by atoms with E-state index in [0.717, 1.165) is 0 Å². The van der Waals surface area contributed by atoms with Gasteiger partial charge in [0.15, 0.2) is 11.5 Å². The molecule has 0 aromatic heterocycles. The molecule has 1 aromatic rings. The molecule has 0 spiro atoms. The summed E-state index contributed by atoms with van der Waals surface area (Å²) in [5, 5.41) is 2.67. The number of anilines is 2. The van der Waals surface area contributed by atoms with Crippen molar-refractivity contribution in [2.75, 3.05) is 31.9 Å². The molecule has 0 saturated heterocycles. The molecule has 0 aliphatic carbocycles. The minimum absolute atomic E-state index is 0.00602. The first-order valence-electron chi connectivity index (χ1n) is 5.90. The number of rotatable bonds is 6. The molecule has 3 N–H and O–H groups in total. The lowest BCUT2D eigenvalue weighted by atomic mass is 10.2. The van der Waals surface area contributed by atoms with E-state index < -0.39 is 0 Å². The van der Waals surface area contributed by atoms with E-state index >= 15 is 0 Å². The van der Waals surface area contributed by atoms with Crippen molar-refractivity contribution in [2.24, 2.45) is 0 Å². The van der Waals surface area contributed by atoms with Crippen LogP contribution in [0, 0.1) is 0 Å². The smallest absolute Gasteiger partial charge is 0.250 e. The van der Waals surface area contributed by atoms with E-state index in [9.17, 15) is 4.79 Å². The highest BCUT2D eigenvalue weighted by Crippen LogP contribution is 2.34. The third kappa shape index (κ3) is 4.33. The lowest BCUT2D eigenvalue weighted by molar-refractivity contribution is -0.121. The molecule has 6 nitrogen and oxygen atoms in total. The lowest BCUT2D eigenvalue weighted by Crippen LogP contribution is -2.21. The molecule has 1 amide bonds. The Hall–Kier alpha value is -1.95. The summed E-state index contributed by atoms with van der Waals surface area (Å²) in [5.74, 6) is 0.737. The zero-order valence-electron chi connectivity index (χ0n) is 11.6. The summed E-state index contributed by atoms with van der Waals surface area (Å²) in [7, 11) is 3.04. The van der Waals surface area contributed by atoms with Gasteiger partial charge in [-0.1, -0.05) is 0 Å². The number of nitrogens with one attached hydrogen (secondary N) is 1. The van der Waals surface area contributed by atoms with Gasteiger partial charge in [0.2, 0.25) is 5.91 Å². The maximum atomic E-state index is 11.7. The summed E-state index contributed by atoms with van der Waals surface area (Å²) in [4.78, 5) is 11.7. The molecule has 0 radical (unpaired) electrons. The van der Waals surface area contributed by atoms with Crippen LogP contribution in [0.3, 0.4) is 0 Å². The minimum Gasteiger partial charge on any atom is -0.493 e. The Kier molecular flexibility index (Phi) is 5.44. The fourth-order valence-electron chi connectivity index (χ4n) is 1.43. The van der Waals surface area contributed by atoms with E-state index in [1.165, 1.54) is 14.2 Å². The summed E-state index contributed by atoms with van der Waals surface area (Å²) in [6, 6.07) is 3.21. The molecular weight excluding hydrogens is 248 g/mol. The largest absolute Gasteiger partial charge is 0.493 e. The molecule has 0 unspecified atom stereocenters. The van der Waals surface area contributed by atoms with Gasteiger partial charge in [0, 0.05) is 12.1 Å². The number of carbonyl (C=O) groups excluding carboxylic acids is 1. The average Bonchev–Trinajstić information content (AvgIpc) is 2.38. The number of nitrogen functional groups attached to an aromatic ring is 1. The van der Waals surface area contributed by atoms with Gasteiger partial charge in [-0.2, -0.15) is 0 Å². The Morgan fingerprint density at radius 2 is 1.84 bits per heavy atom. The summed E-state index contributed by atoms with van der Waals surface area (Å²) >= 11 is 0. The van der Waals surface area contributed by atoms with Gasteiger partial charge >= 0.3 is 0 Å². The Balaban J connectivity index is 2.80. The Morgan fingerprint density at radius 1 is 1.26 bits per heavy atom. The van der Waals surface area contributed by atoms with Crippen molar-refractivity contribution < 1.29 is 19.0 Å². The summed E-state index contributed by atoms with van der Waals surface area (Å²) < 4.78 is 15.5. The summed E-state index contributed by atoms with van der Waals surface area (Å²) in [6.07, 6.45) is -0.00602. The molecule has 6 heteroatoms. The van der Waals surface area contributed by atoms with E-state index in [1.807, 2.05) is 13.8 Å². The van der Waals surface area contributed by atoms with Gasteiger partial charge in [-0.25, -0.2) is 0 Å². The highest BCUT2D eigenvalue weighted by Gasteiger charge is 2.12. The van der Waals surface area contributed by atoms with Crippen LogP contribution in [0.25, 0.3) is 0 Å². The van der Waals surface area contributed by atoms with Crippen LogP contribution in [0.2, 0.25) is 0 Å². The topological polar surface area (TPSA) is 82.8 Å². The van der Waals surface area contributed by atoms with Gasteiger partial charge in [-0.15, -0.1) is 0 Å². The molecular formula is C13H20N2O4. The normalized spacial score (nSPS) is 10.4. The number of hydrogen-bond acceptors (Lipinski definition) is 5. The molecule has 1 rings (SSSR count). The van der Waals surface area contributed by atoms with Crippen molar-refractivity contribution in [3.05, 3.63) is 12.1 Å². The monoisotopic (exact) mass is 268 g/mol. The Labute approximate surface area is 112 Å². The molecule has 0 atom stereocenters. The second-order valence-corrected chi connectivity index (χ2v) is 4.20. The molecule has 0 fully saturated rings. The van der Waals surface area contributed by atoms with Crippen LogP contribution in [0.5, 0.6) is 11.5 Å². The van der Waals surface area contributed by atoms with Crippen molar-refractivity contribution in [1.29, 1.82) is 0 Å². The molecule has 0 aliphatic rings. The quantitative estimate of drug-likeness (QED) is 0.766. The SMILES string of the molecule is COc1cc(N)c(NC(=O)COC(C)C)cc1OC. The number of methoxy groups -OCH3 is 2. The number of carbonyl (C=O) groups is 1. The minimum atomic E-state index is -0.271. The van der Waals surface area contributed by atoms with Gasteiger partial charge in [0.1, 0.15) is 6.61 Å². The van der Waals surface area contributed by atoms with Gasteiger partial charge in [-0.05, 0) is 13.8 Å². The number of ether oxygens (including phenoxy) is 3. The van der Waals surface area contributed by atoms with Crippen LogP contribution >= 0.6 is 0 Å². The lowest BCUT2D eigenvalue weighted by Gasteiger charge is -2.14. The van der Waals surface area contributed by atoms with Crippen LogP contribution in [-0.4, -0.2) is 32.8 Å². The maximum Gasteiger partial charge on any atom is 0.250 e. The fourth-order valence-corrected chi connectivity index (χ4v) is 1.43. The van der Waals surface area contributed by atoms with Crippen molar-refractivity contribution in [3.8, 4) is 11.5 Å². The maximum absolute atomic E-state index is 11.7. The van der Waals surface area contributed by atoms with Crippen molar-refractivity contribution in [2.45, 2.75) is 20.0 Å². The van der Waals surface area contributed by atoms with Crippen molar-refractivity contribution in [1.82, 2.24) is 0 Å². The van der Waals surface area contributed by atoms with E-state index in [2.05, 4.69) is 5.32 Å². The molecule has 0 aliphatic heterocycles. The van der Waals surface area contributed by atoms with Gasteiger partial charge in [-0.3, -0.25) is 4.79 Å². The van der Waals surface area contributed by atoms with Gasteiger partial charge in [0.05, 0.1) is 31.7 Å². The van der Waals surface area contributed by atoms with Gasteiger partial charge < -0.3 is 25.3 Å². The van der Waals surface area contributed by atoms with Crippen molar-refractivity contribution >= 4 is 17.3 Å². The van der Waals surface area contributed by atoms with Crippen LogP contribution in [-0.2, 0) is 9.53 Å². The average molecular weight is 268 g/mol. The second kappa shape index (κ2) is 6.84. The first-order valence-corrected chi connectivity index (χ1v) is 5.90. The number of benzene rings is 1. The first-order chi connectivity index (χ1) is 8.97. The third-order valence-corrected chi connectivity index (χ3v) is 2.38. The number of hydrogen-bond donors (Lipinski definition) is 2. The third-order valence-electron chi connectivity index (χ3n) is 2.38. The van der Waals surface area contributed by atoms with E-state index in [4.69, 9.17) is 19.9 Å². The summed E-state index contributed by atoms with van der Waals surface area (Å²) in [6.45, 7) is 3.70. The number of nitrogens with two attached hydrogens (primary N) is 1. The van der Waals surface area contributed by atoms with Crippen LogP contribution in [0.15, 0.2) is 12.1 Å². The zero-order valence-corrected chi connectivity index (χ0v) is 11.6. The van der Waals surface area contributed by atoms with E-state index in [-0.39, 0.29) is 18.6 Å². The van der Waals surface area contributed by atoms with Crippen LogP contribution in [0.4, 0.5) is 11.4 Å². The molecule has 19 heavy (non-hydrogen) atoms. The van der Waals surface area contributed by atoms with E-state index in [1.54, 1.807) is 12.1 Å². The van der Waals surface area contributed by atoms with Gasteiger partial charge in [0.25, 0.3) is 0 Å². The standard InChI is InChI=1S/C13H20N2O4/c1-8(2)19-7-13(16)15-10-6-12(18-4)11(17-3)5-9(10)14/h5-6,8H,7,14H2,1-4H3,(H,15,16). The van der Waals surface area contributed by atoms with Crippen LogP contribution in [0.1, 0.15) is 13.8 Å². The summed E-state index contributed by atoms with van der Waals surface area (Å²) in [5.41, 5.74) is 6.70. The predicted molar refractivity (Wildman–Crippen MR) is 73.7 cm³/mol. The zero-order chi connectivity index (χ0) is 14.4. The molecule has 0 saturated carbocycles. The van der Waals surface area contributed by atoms with E-state index in [0.29, 0.717) is 22.9 Å². The highest BCUT2D eigenvalue weighted by atomic mass is 16.5. The number of amides is 1. The Morgan fingerprint density at radius 3 is 2.37 bits per heavy atom. The predicted octanol–water partition coefficient (Wildman–Crippen LogP) is 1.65. The molecule has 106 valence electrons. The molecule has 0 heterocycles. The molecule has 1 aromatic carbocycles. The van der Waals surface area contributed by atoms with Crippen molar-refractivity contribution in [3.63, 3.8) is 0 Å². The second-order valence-electron chi connectivity index (χ2n) is 4.20. The van der Waals surface area contributed by atoms with Crippen LogP contribution < -0.4 is 20.5 Å². The molecule has 0 bridgehead atoms. The Bertz CT molecular complexity index is 447. The first kappa shape index (κ1) is 15.1. The fraction of sp³-hybridized carbons (Fsp3) is 0.462. The highest BCUT2D eigenvalue weighted by molar-refractivity contribution is 5.95.